The predicted octanol–water partition coefficient (Wildman–Crippen LogP) is 4.15. The predicted molar refractivity (Wildman–Crippen MR) is 91.6 cm³/mol. The molecule has 0 radical (unpaired) electrons. The zero-order chi connectivity index (χ0) is 15.6. The molecule has 0 aliphatic rings. The highest BCUT2D eigenvalue weighted by Gasteiger charge is 2.25. The third kappa shape index (κ3) is 3.37. The minimum Gasteiger partial charge on any atom is -0.388 e. The van der Waals surface area contributed by atoms with Gasteiger partial charge in [0.1, 0.15) is 0 Å². The van der Waals surface area contributed by atoms with Gasteiger partial charge < -0.3 is 10.8 Å². The maximum absolute atomic E-state index is 10.9. The molecule has 3 N–H and O–H groups in total. The molecule has 3 heteroatoms. The van der Waals surface area contributed by atoms with Crippen LogP contribution in [0, 0.1) is 20.8 Å². The Hall–Kier alpha value is -1.16. The first-order valence-corrected chi connectivity index (χ1v) is 7.95. The molecular formula is C18H22BrNO. The average Bonchev–Trinajstić information content (AvgIpc) is 2.40. The number of benzene rings is 2. The van der Waals surface area contributed by atoms with Gasteiger partial charge in [0.05, 0.1) is 6.10 Å². The van der Waals surface area contributed by atoms with Crippen LogP contribution in [0.2, 0.25) is 0 Å². The summed E-state index contributed by atoms with van der Waals surface area (Å²) in [5.41, 5.74) is 11.4. The highest BCUT2D eigenvalue weighted by molar-refractivity contribution is 9.10. The van der Waals surface area contributed by atoms with Gasteiger partial charge in [0.25, 0.3) is 0 Å². The molecule has 2 aromatic rings. The van der Waals surface area contributed by atoms with E-state index in [0.29, 0.717) is 6.54 Å². The van der Waals surface area contributed by atoms with Crippen molar-refractivity contribution in [3.8, 4) is 0 Å². The Bertz CT molecular complexity index is 616. The van der Waals surface area contributed by atoms with Crippen LogP contribution in [0.3, 0.4) is 0 Å². The van der Waals surface area contributed by atoms with Gasteiger partial charge in [-0.25, -0.2) is 0 Å². The second kappa shape index (κ2) is 6.73. The number of hydrogen-bond donors (Lipinski definition) is 2. The van der Waals surface area contributed by atoms with Gasteiger partial charge in [-0.3, -0.25) is 0 Å². The van der Waals surface area contributed by atoms with Gasteiger partial charge in [0.15, 0.2) is 0 Å². The molecule has 0 bridgehead atoms. The van der Waals surface area contributed by atoms with Crippen molar-refractivity contribution in [1.82, 2.24) is 0 Å². The second-order valence-corrected chi connectivity index (χ2v) is 6.48. The average molecular weight is 348 g/mol. The zero-order valence-electron chi connectivity index (χ0n) is 12.7. The van der Waals surface area contributed by atoms with Gasteiger partial charge >= 0.3 is 0 Å². The number of nitrogens with two attached hydrogens (primary N) is 1. The molecule has 21 heavy (non-hydrogen) atoms. The van der Waals surface area contributed by atoms with Crippen molar-refractivity contribution in [2.24, 2.45) is 5.73 Å². The summed E-state index contributed by atoms with van der Waals surface area (Å²) >= 11 is 3.56. The third-order valence-corrected chi connectivity index (χ3v) is 4.70. The van der Waals surface area contributed by atoms with Crippen LogP contribution in [0.1, 0.15) is 39.8 Å². The van der Waals surface area contributed by atoms with Crippen molar-refractivity contribution in [2.45, 2.75) is 32.8 Å². The fraction of sp³-hybridized carbons (Fsp3) is 0.333. The van der Waals surface area contributed by atoms with Crippen LogP contribution in [-0.4, -0.2) is 11.7 Å². The van der Waals surface area contributed by atoms with E-state index in [1.807, 2.05) is 38.1 Å². The zero-order valence-corrected chi connectivity index (χ0v) is 14.3. The van der Waals surface area contributed by atoms with Crippen LogP contribution in [0.15, 0.2) is 40.9 Å². The summed E-state index contributed by atoms with van der Waals surface area (Å²) in [6, 6.07) is 12.2. The van der Waals surface area contributed by atoms with E-state index >= 15 is 0 Å². The minimum atomic E-state index is -0.603. The Morgan fingerprint density at radius 3 is 2.19 bits per heavy atom. The Morgan fingerprint density at radius 1 is 1.10 bits per heavy atom. The lowest BCUT2D eigenvalue weighted by Gasteiger charge is -2.26. The number of aliphatic hydroxyl groups is 1. The van der Waals surface area contributed by atoms with E-state index in [1.54, 1.807) is 0 Å². The molecule has 0 aliphatic heterocycles. The van der Waals surface area contributed by atoms with Crippen LogP contribution < -0.4 is 5.73 Å². The van der Waals surface area contributed by atoms with Gasteiger partial charge in [-0.2, -0.15) is 0 Å². The van der Waals surface area contributed by atoms with Crippen LogP contribution in [0.5, 0.6) is 0 Å². The number of aliphatic hydroxyl groups excluding tert-OH is 1. The van der Waals surface area contributed by atoms with Crippen molar-refractivity contribution in [2.75, 3.05) is 6.54 Å². The van der Waals surface area contributed by atoms with Crippen LogP contribution in [0.4, 0.5) is 0 Å². The molecule has 0 aromatic heterocycles. The maximum atomic E-state index is 10.9. The maximum Gasteiger partial charge on any atom is 0.0876 e. The van der Waals surface area contributed by atoms with E-state index in [9.17, 15) is 5.11 Å². The van der Waals surface area contributed by atoms with Gasteiger partial charge in [-0.05, 0) is 49.1 Å². The first-order chi connectivity index (χ1) is 9.95. The Balaban J connectivity index is 2.47. The molecule has 0 amide bonds. The molecule has 2 aromatic carbocycles. The summed E-state index contributed by atoms with van der Waals surface area (Å²) < 4.78 is 0.988. The molecule has 0 heterocycles. The molecule has 2 nitrogen and oxygen atoms in total. The number of aryl methyl sites for hydroxylation is 3. The summed E-state index contributed by atoms with van der Waals surface area (Å²) in [6.07, 6.45) is -0.603. The lowest BCUT2D eigenvalue weighted by atomic mass is 9.85. The highest BCUT2D eigenvalue weighted by Crippen LogP contribution is 2.37. The fourth-order valence-corrected chi connectivity index (χ4v) is 3.64. The molecule has 0 saturated heterocycles. The SMILES string of the molecule is Cc1cc(C)c(C(O)C(CN)c2ccccc2Br)c(C)c1. The third-order valence-electron chi connectivity index (χ3n) is 3.97. The monoisotopic (exact) mass is 347 g/mol. The highest BCUT2D eigenvalue weighted by atomic mass is 79.9. The summed E-state index contributed by atoms with van der Waals surface area (Å²) in [5, 5.41) is 10.9. The van der Waals surface area contributed by atoms with Crippen molar-refractivity contribution in [1.29, 1.82) is 0 Å². The largest absolute Gasteiger partial charge is 0.388 e. The fourth-order valence-electron chi connectivity index (χ4n) is 3.06. The lowest BCUT2D eigenvalue weighted by Crippen LogP contribution is -2.22. The van der Waals surface area contributed by atoms with Crippen molar-refractivity contribution in [3.05, 3.63) is 68.7 Å². The summed E-state index contributed by atoms with van der Waals surface area (Å²) in [4.78, 5) is 0. The molecule has 112 valence electrons. The van der Waals surface area contributed by atoms with Gasteiger partial charge in [-0.15, -0.1) is 0 Å². The van der Waals surface area contributed by atoms with E-state index < -0.39 is 6.10 Å². The minimum absolute atomic E-state index is 0.124. The van der Waals surface area contributed by atoms with E-state index in [1.165, 1.54) is 5.56 Å². The van der Waals surface area contributed by atoms with Crippen molar-refractivity contribution < 1.29 is 5.11 Å². The van der Waals surface area contributed by atoms with Gasteiger partial charge in [0, 0.05) is 16.9 Å². The van der Waals surface area contributed by atoms with E-state index in [-0.39, 0.29) is 5.92 Å². The van der Waals surface area contributed by atoms with Crippen molar-refractivity contribution in [3.63, 3.8) is 0 Å². The molecule has 0 fully saturated rings. The smallest absolute Gasteiger partial charge is 0.0876 e. The van der Waals surface area contributed by atoms with Crippen LogP contribution >= 0.6 is 15.9 Å². The molecule has 2 atom stereocenters. The molecule has 0 aliphatic carbocycles. The Morgan fingerprint density at radius 2 is 1.67 bits per heavy atom. The molecule has 2 unspecified atom stereocenters. The first-order valence-electron chi connectivity index (χ1n) is 7.16. The topological polar surface area (TPSA) is 46.2 Å². The van der Waals surface area contributed by atoms with E-state index in [0.717, 1.165) is 26.7 Å². The van der Waals surface area contributed by atoms with Gasteiger partial charge in [-0.1, -0.05) is 51.8 Å². The summed E-state index contributed by atoms with van der Waals surface area (Å²) in [6.45, 7) is 6.57. The standard InChI is InChI=1S/C18H22BrNO/c1-11-8-12(2)17(13(3)9-11)18(21)15(10-20)14-6-4-5-7-16(14)19/h4-9,15,18,21H,10,20H2,1-3H3. The van der Waals surface area contributed by atoms with Crippen molar-refractivity contribution >= 4 is 15.9 Å². The Kier molecular flexibility index (Phi) is 5.20. The number of rotatable bonds is 4. The number of halogens is 1. The summed E-state index contributed by atoms with van der Waals surface area (Å²) in [7, 11) is 0. The normalized spacial score (nSPS) is 14.0. The van der Waals surface area contributed by atoms with Gasteiger partial charge in [0.2, 0.25) is 0 Å². The second-order valence-electron chi connectivity index (χ2n) is 5.62. The molecule has 0 spiro atoms. The molecular weight excluding hydrogens is 326 g/mol. The summed E-state index contributed by atoms with van der Waals surface area (Å²) in [5.74, 6) is -0.124. The Labute approximate surface area is 135 Å². The van der Waals surface area contributed by atoms with Crippen LogP contribution in [0.25, 0.3) is 0 Å². The quantitative estimate of drug-likeness (QED) is 0.872. The molecule has 2 rings (SSSR count). The van der Waals surface area contributed by atoms with Crippen LogP contribution in [-0.2, 0) is 0 Å². The lowest BCUT2D eigenvalue weighted by molar-refractivity contribution is 0.146. The van der Waals surface area contributed by atoms with E-state index in [2.05, 4.69) is 35.0 Å². The molecule has 0 saturated carbocycles. The van der Waals surface area contributed by atoms with E-state index in [4.69, 9.17) is 5.73 Å². The first kappa shape index (κ1) is 16.2. The number of hydrogen-bond acceptors (Lipinski definition) is 2.